The van der Waals surface area contributed by atoms with Crippen molar-refractivity contribution < 1.29 is 4.79 Å². The molecule has 1 unspecified atom stereocenters. The molecule has 2 aromatic rings. The normalized spacial score (nSPS) is 23.3. The van der Waals surface area contributed by atoms with Gasteiger partial charge in [-0.15, -0.1) is 0 Å². The van der Waals surface area contributed by atoms with Crippen molar-refractivity contribution in [3.8, 4) is 0 Å². The van der Waals surface area contributed by atoms with Gasteiger partial charge in [0.2, 0.25) is 5.91 Å². The Balaban J connectivity index is 1.49. The average molecular weight is 320 g/mol. The lowest BCUT2D eigenvalue weighted by atomic mass is 9.68. The number of carbonyl (C=O) groups is 1. The lowest BCUT2D eigenvalue weighted by Gasteiger charge is -2.41. The fourth-order valence-corrected chi connectivity index (χ4v) is 4.37. The van der Waals surface area contributed by atoms with Crippen LogP contribution in [0.25, 0.3) is 0 Å². The molecule has 0 saturated carbocycles. The summed E-state index contributed by atoms with van der Waals surface area (Å²) in [7, 11) is 0. The van der Waals surface area contributed by atoms with Crippen LogP contribution < -0.4 is 5.32 Å². The Morgan fingerprint density at radius 3 is 2.25 bits per heavy atom. The van der Waals surface area contributed by atoms with Crippen molar-refractivity contribution in [1.82, 2.24) is 10.2 Å². The number of carbonyl (C=O) groups excluding carboxylic acids is 1. The third-order valence-corrected chi connectivity index (χ3v) is 5.79. The SMILES string of the molecule is O=C1NCC(c2ccccc2)C12CCN(Cc1ccccc1)CC2. The van der Waals surface area contributed by atoms with Gasteiger partial charge in [-0.1, -0.05) is 60.7 Å². The van der Waals surface area contributed by atoms with E-state index in [0.717, 1.165) is 39.0 Å². The van der Waals surface area contributed by atoms with Crippen LogP contribution in [0.2, 0.25) is 0 Å². The summed E-state index contributed by atoms with van der Waals surface area (Å²) in [5.41, 5.74) is 2.44. The molecule has 3 heteroatoms. The van der Waals surface area contributed by atoms with E-state index in [2.05, 4.69) is 64.8 Å². The Labute approximate surface area is 143 Å². The number of nitrogens with one attached hydrogen (secondary N) is 1. The molecule has 2 aromatic carbocycles. The second-order valence-corrected chi connectivity index (χ2v) is 7.09. The highest BCUT2D eigenvalue weighted by Gasteiger charge is 2.51. The zero-order valence-electron chi connectivity index (χ0n) is 13.9. The molecule has 1 atom stereocenters. The minimum absolute atomic E-state index is 0.214. The van der Waals surface area contributed by atoms with Crippen LogP contribution in [0.1, 0.15) is 29.9 Å². The number of piperidine rings is 1. The standard InChI is InChI=1S/C21H24N2O/c24-20-21(19(15-22-20)18-9-5-2-6-10-18)11-13-23(14-12-21)16-17-7-3-1-4-8-17/h1-10,19H,11-16H2,(H,22,24). The van der Waals surface area contributed by atoms with Crippen LogP contribution in [0.5, 0.6) is 0 Å². The first-order valence-electron chi connectivity index (χ1n) is 8.87. The molecule has 2 heterocycles. The average Bonchev–Trinajstić information content (AvgIpc) is 2.95. The Kier molecular flexibility index (Phi) is 4.11. The first-order chi connectivity index (χ1) is 11.8. The third-order valence-electron chi connectivity index (χ3n) is 5.79. The molecule has 2 fully saturated rings. The summed E-state index contributed by atoms with van der Waals surface area (Å²) in [4.78, 5) is 15.2. The Hall–Kier alpha value is -2.13. The number of hydrogen-bond acceptors (Lipinski definition) is 2. The number of nitrogens with zero attached hydrogens (tertiary/aromatic N) is 1. The summed E-state index contributed by atoms with van der Waals surface area (Å²) in [5.74, 6) is 0.570. The van der Waals surface area contributed by atoms with Gasteiger partial charge in [-0.25, -0.2) is 0 Å². The number of likely N-dealkylation sites (tertiary alicyclic amines) is 1. The molecule has 2 saturated heterocycles. The van der Waals surface area contributed by atoms with Gasteiger partial charge in [-0.2, -0.15) is 0 Å². The van der Waals surface area contributed by atoms with Crippen LogP contribution in [-0.2, 0) is 11.3 Å². The third kappa shape index (κ3) is 2.73. The molecule has 1 spiro atoms. The van der Waals surface area contributed by atoms with Gasteiger partial charge in [0.05, 0.1) is 5.41 Å². The molecule has 0 radical (unpaired) electrons. The van der Waals surface area contributed by atoms with Crippen molar-refractivity contribution in [3.63, 3.8) is 0 Å². The monoisotopic (exact) mass is 320 g/mol. The minimum Gasteiger partial charge on any atom is -0.355 e. The molecule has 124 valence electrons. The molecule has 4 rings (SSSR count). The van der Waals surface area contributed by atoms with E-state index in [4.69, 9.17) is 0 Å². The fraction of sp³-hybridized carbons (Fsp3) is 0.381. The maximum atomic E-state index is 12.7. The van der Waals surface area contributed by atoms with Gasteiger partial charge in [0, 0.05) is 19.0 Å². The second kappa shape index (κ2) is 6.40. The van der Waals surface area contributed by atoms with E-state index in [1.54, 1.807) is 0 Å². The van der Waals surface area contributed by atoms with Crippen molar-refractivity contribution in [3.05, 3.63) is 71.8 Å². The van der Waals surface area contributed by atoms with Crippen molar-refractivity contribution in [2.45, 2.75) is 25.3 Å². The van der Waals surface area contributed by atoms with Crippen molar-refractivity contribution in [1.29, 1.82) is 0 Å². The summed E-state index contributed by atoms with van der Waals surface area (Å²) in [6.07, 6.45) is 1.90. The molecule has 1 amide bonds. The first-order valence-corrected chi connectivity index (χ1v) is 8.87. The summed E-state index contributed by atoms with van der Waals surface area (Å²) in [6.45, 7) is 3.74. The lowest BCUT2D eigenvalue weighted by Crippen LogP contribution is -2.45. The van der Waals surface area contributed by atoms with Gasteiger partial charge in [0.1, 0.15) is 0 Å². The maximum Gasteiger partial charge on any atom is 0.227 e. The number of benzene rings is 2. The Bertz CT molecular complexity index is 690. The van der Waals surface area contributed by atoms with Gasteiger partial charge in [0.15, 0.2) is 0 Å². The van der Waals surface area contributed by atoms with E-state index in [-0.39, 0.29) is 11.3 Å². The van der Waals surface area contributed by atoms with E-state index in [1.807, 2.05) is 6.07 Å². The predicted molar refractivity (Wildman–Crippen MR) is 95.6 cm³/mol. The highest BCUT2D eigenvalue weighted by Crippen LogP contribution is 2.47. The lowest BCUT2D eigenvalue weighted by molar-refractivity contribution is -0.130. The van der Waals surface area contributed by atoms with Crippen LogP contribution in [0.15, 0.2) is 60.7 Å². The molecule has 1 N–H and O–H groups in total. The van der Waals surface area contributed by atoms with E-state index in [9.17, 15) is 4.79 Å². The van der Waals surface area contributed by atoms with E-state index >= 15 is 0 Å². The topological polar surface area (TPSA) is 32.3 Å². The van der Waals surface area contributed by atoms with Crippen molar-refractivity contribution in [2.24, 2.45) is 5.41 Å². The van der Waals surface area contributed by atoms with Gasteiger partial charge >= 0.3 is 0 Å². The van der Waals surface area contributed by atoms with E-state index in [1.165, 1.54) is 11.1 Å². The van der Waals surface area contributed by atoms with Gasteiger partial charge in [0.25, 0.3) is 0 Å². The van der Waals surface area contributed by atoms with Crippen LogP contribution >= 0.6 is 0 Å². The summed E-state index contributed by atoms with van der Waals surface area (Å²) < 4.78 is 0. The van der Waals surface area contributed by atoms with Crippen LogP contribution in [-0.4, -0.2) is 30.4 Å². The van der Waals surface area contributed by atoms with Gasteiger partial charge < -0.3 is 5.32 Å². The van der Waals surface area contributed by atoms with E-state index in [0.29, 0.717) is 5.92 Å². The Morgan fingerprint density at radius 1 is 0.958 bits per heavy atom. The Morgan fingerprint density at radius 2 is 1.58 bits per heavy atom. The molecule has 0 aliphatic carbocycles. The highest BCUT2D eigenvalue weighted by molar-refractivity contribution is 5.86. The zero-order chi connectivity index (χ0) is 16.4. The van der Waals surface area contributed by atoms with Gasteiger partial charge in [-0.3, -0.25) is 9.69 Å². The molecule has 0 aromatic heterocycles. The van der Waals surface area contributed by atoms with Crippen molar-refractivity contribution in [2.75, 3.05) is 19.6 Å². The van der Waals surface area contributed by atoms with Crippen LogP contribution in [0.3, 0.4) is 0 Å². The number of amides is 1. The van der Waals surface area contributed by atoms with Crippen LogP contribution in [0, 0.1) is 5.41 Å². The molecular formula is C21H24N2O. The summed E-state index contributed by atoms with van der Waals surface area (Å²) in [6, 6.07) is 21.1. The molecule has 3 nitrogen and oxygen atoms in total. The highest BCUT2D eigenvalue weighted by atomic mass is 16.2. The zero-order valence-corrected chi connectivity index (χ0v) is 13.9. The summed E-state index contributed by atoms with van der Waals surface area (Å²) in [5, 5.41) is 3.14. The predicted octanol–water partition coefficient (Wildman–Crippen LogP) is 3.18. The second-order valence-electron chi connectivity index (χ2n) is 7.09. The smallest absolute Gasteiger partial charge is 0.227 e. The van der Waals surface area contributed by atoms with Gasteiger partial charge in [-0.05, 0) is 37.1 Å². The summed E-state index contributed by atoms with van der Waals surface area (Å²) >= 11 is 0. The first kappa shape index (κ1) is 15.4. The van der Waals surface area contributed by atoms with E-state index < -0.39 is 0 Å². The molecular weight excluding hydrogens is 296 g/mol. The number of rotatable bonds is 3. The largest absolute Gasteiger partial charge is 0.355 e. The number of hydrogen-bond donors (Lipinski definition) is 1. The van der Waals surface area contributed by atoms with Crippen molar-refractivity contribution >= 4 is 5.91 Å². The maximum absolute atomic E-state index is 12.7. The molecule has 24 heavy (non-hydrogen) atoms. The minimum atomic E-state index is -0.214. The molecule has 0 bridgehead atoms. The molecule has 2 aliphatic heterocycles. The quantitative estimate of drug-likeness (QED) is 0.942. The molecule has 2 aliphatic rings. The fourth-order valence-electron chi connectivity index (χ4n) is 4.37. The van der Waals surface area contributed by atoms with Crippen LogP contribution in [0.4, 0.5) is 0 Å².